The van der Waals surface area contributed by atoms with E-state index in [0.717, 1.165) is 51.4 Å². The molecular formula is C29H29BrN2O3S. The molecule has 1 aliphatic rings. The highest BCUT2D eigenvalue weighted by atomic mass is 79.9. The summed E-state index contributed by atoms with van der Waals surface area (Å²) in [7, 11) is 0. The SMILES string of the molecule is CC(C)(C)[C@@H]1CCc2c(sc(N=Cc3ccc(-c4cccc(Br)c4)o3)c2C(=O)NCc2ccco2)C1. The molecule has 3 heterocycles. The molecule has 1 amide bonds. The van der Waals surface area contributed by atoms with E-state index >= 15 is 0 Å². The minimum Gasteiger partial charge on any atom is -0.467 e. The van der Waals surface area contributed by atoms with Crippen LogP contribution in [0.25, 0.3) is 11.3 Å². The van der Waals surface area contributed by atoms with E-state index in [0.29, 0.717) is 23.8 Å². The Morgan fingerprint density at radius 3 is 2.83 bits per heavy atom. The number of thiophene rings is 1. The molecular weight excluding hydrogens is 536 g/mol. The molecule has 5 rings (SSSR count). The van der Waals surface area contributed by atoms with Gasteiger partial charge in [0.2, 0.25) is 0 Å². The lowest BCUT2D eigenvalue weighted by molar-refractivity contribution is 0.0947. The van der Waals surface area contributed by atoms with Crippen LogP contribution in [0.15, 0.2) is 73.1 Å². The molecule has 0 spiro atoms. The van der Waals surface area contributed by atoms with E-state index < -0.39 is 0 Å². The predicted octanol–water partition coefficient (Wildman–Crippen LogP) is 8.20. The Kier molecular flexibility index (Phi) is 7.04. The molecule has 7 heteroatoms. The number of carbonyl (C=O) groups is 1. The average Bonchev–Trinajstić information content (AvgIpc) is 3.60. The van der Waals surface area contributed by atoms with Crippen molar-refractivity contribution in [3.8, 4) is 11.3 Å². The lowest BCUT2D eigenvalue weighted by Crippen LogP contribution is -2.28. The van der Waals surface area contributed by atoms with E-state index in [4.69, 9.17) is 13.8 Å². The van der Waals surface area contributed by atoms with Gasteiger partial charge in [0.25, 0.3) is 5.91 Å². The van der Waals surface area contributed by atoms with Crippen molar-refractivity contribution < 1.29 is 13.6 Å². The van der Waals surface area contributed by atoms with Gasteiger partial charge in [-0.3, -0.25) is 4.79 Å². The highest BCUT2D eigenvalue weighted by Crippen LogP contribution is 2.45. The number of hydrogen-bond acceptors (Lipinski definition) is 5. The predicted molar refractivity (Wildman–Crippen MR) is 148 cm³/mol. The second kappa shape index (κ2) is 10.2. The van der Waals surface area contributed by atoms with Crippen molar-refractivity contribution in [1.82, 2.24) is 5.32 Å². The van der Waals surface area contributed by atoms with Crippen molar-refractivity contribution in [3.05, 3.63) is 86.8 Å². The number of aliphatic imine (C=N–C) groups is 1. The van der Waals surface area contributed by atoms with Gasteiger partial charge >= 0.3 is 0 Å². The van der Waals surface area contributed by atoms with Gasteiger partial charge in [-0.05, 0) is 72.6 Å². The number of halogens is 1. The van der Waals surface area contributed by atoms with Gasteiger partial charge in [0, 0.05) is 14.9 Å². The Labute approximate surface area is 223 Å². The molecule has 3 aromatic heterocycles. The van der Waals surface area contributed by atoms with Crippen LogP contribution in [0.1, 0.15) is 59.5 Å². The maximum atomic E-state index is 13.4. The Morgan fingerprint density at radius 1 is 1.22 bits per heavy atom. The van der Waals surface area contributed by atoms with Crippen molar-refractivity contribution in [2.75, 3.05) is 0 Å². The van der Waals surface area contributed by atoms with Gasteiger partial charge < -0.3 is 14.2 Å². The van der Waals surface area contributed by atoms with Gasteiger partial charge in [-0.2, -0.15) is 0 Å². The number of carbonyl (C=O) groups excluding carboxylic acids is 1. The molecule has 0 saturated carbocycles. The molecule has 1 aliphatic carbocycles. The summed E-state index contributed by atoms with van der Waals surface area (Å²) in [6, 6.07) is 15.5. The van der Waals surface area contributed by atoms with E-state index in [2.05, 4.69) is 42.0 Å². The molecule has 0 saturated heterocycles. The molecule has 186 valence electrons. The van der Waals surface area contributed by atoms with Gasteiger partial charge in [0.1, 0.15) is 22.3 Å². The number of nitrogens with zero attached hydrogens (tertiary/aromatic N) is 1. The third-order valence-corrected chi connectivity index (χ3v) is 8.40. The summed E-state index contributed by atoms with van der Waals surface area (Å²) >= 11 is 5.14. The lowest BCUT2D eigenvalue weighted by atomic mass is 9.72. The molecule has 4 aromatic rings. The molecule has 1 atom stereocenters. The topological polar surface area (TPSA) is 67.7 Å². The summed E-state index contributed by atoms with van der Waals surface area (Å²) < 4.78 is 12.4. The second-order valence-corrected chi connectivity index (χ2v) is 12.2. The van der Waals surface area contributed by atoms with E-state index in [1.807, 2.05) is 48.5 Å². The highest BCUT2D eigenvalue weighted by Gasteiger charge is 2.33. The molecule has 36 heavy (non-hydrogen) atoms. The van der Waals surface area contributed by atoms with Gasteiger partial charge in [0.05, 0.1) is 24.6 Å². The molecule has 0 aliphatic heterocycles. The third kappa shape index (κ3) is 5.42. The van der Waals surface area contributed by atoms with Crippen LogP contribution in [-0.4, -0.2) is 12.1 Å². The van der Waals surface area contributed by atoms with Crippen LogP contribution in [0, 0.1) is 11.3 Å². The van der Waals surface area contributed by atoms with E-state index in [-0.39, 0.29) is 11.3 Å². The maximum Gasteiger partial charge on any atom is 0.255 e. The molecule has 5 nitrogen and oxygen atoms in total. The Hall–Kier alpha value is -2.90. The molecule has 1 aromatic carbocycles. The van der Waals surface area contributed by atoms with Gasteiger partial charge in [-0.1, -0.05) is 48.8 Å². The van der Waals surface area contributed by atoms with Crippen LogP contribution < -0.4 is 5.32 Å². The number of furan rings is 2. The van der Waals surface area contributed by atoms with E-state index in [9.17, 15) is 4.79 Å². The maximum absolute atomic E-state index is 13.4. The van der Waals surface area contributed by atoms with Crippen LogP contribution in [0.3, 0.4) is 0 Å². The fourth-order valence-electron chi connectivity index (χ4n) is 4.65. The van der Waals surface area contributed by atoms with E-state index in [1.165, 1.54) is 4.88 Å². The van der Waals surface area contributed by atoms with Crippen LogP contribution in [0.2, 0.25) is 0 Å². The number of benzene rings is 1. The number of amides is 1. The zero-order valence-electron chi connectivity index (χ0n) is 20.6. The number of fused-ring (bicyclic) bond motifs is 1. The van der Waals surface area contributed by atoms with Crippen molar-refractivity contribution in [1.29, 1.82) is 0 Å². The molecule has 0 radical (unpaired) electrons. The largest absolute Gasteiger partial charge is 0.467 e. The number of hydrogen-bond donors (Lipinski definition) is 1. The highest BCUT2D eigenvalue weighted by molar-refractivity contribution is 9.10. The minimum atomic E-state index is -0.112. The second-order valence-electron chi connectivity index (χ2n) is 10.2. The fraction of sp³-hybridized carbons (Fsp3) is 0.310. The first-order chi connectivity index (χ1) is 17.3. The summed E-state index contributed by atoms with van der Waals surface area (Å²) in [5, 5.41) is 3.75. The number of nitrogens with one attached hydrogen (secondary N) is 1. The third-order valence-electron chi connectivity index (χ3n) is 6.75. The lowest BCUT2D eigenvalue weighted by Gasteiger charge is -2.33. The van der Waals surface area contributed by atoms with Gasteiger partial charge in [0.15, 0.2) is 0 Å². The summed E-state index contributed by atoms with van der Waals surface area (Å²) in [5.74, 6) is 2.61. The Morgan fingerprint density at radius 2 is 2.08 bits per heavy atom. The summed E-state index contributed by atoms with van der Waals surface area (Å²) in [6.07, 6.45) is 6.26. The first-order valence-corrected chi connectivity index (χ1v) is 13.7. The minimum absolute atomic E-state index is 0.112. The fourth-order valence-corrected chi connectivity index (χ4v) is 6.31. The normalized spacial score (nSPS) is 15.8. The van der Waals surface area contributed by atoms with E-state index in [1.54, 1.807) is 23.8 Å². The van der Waals surface area contributed by atoms with Crippen LogP contribution in [0.4, 0.5) is 5.00 Å². The standard InChI is InChI=1S/C29H29BrN2O3S/c1-29(2,3)19-9-11-23-25(15-19)36-28(26(23)27(33)31-16-21-8-5-13-34-21)32-17-22-10-12-24(35-22)18-6-4-7-20(30)14-18/h4-8,10,12-14,17,19H,9,11,15-16H2,1-3H3,(H,31,33)/t19-/m1/s1. The zero-order chi connectivity index (χ0) is 25.3. The van der Waals surface area contributed by atoms with Crippen molar-refractivity contribution in [2.24, 2.45) is 16.3 Å². The zero-order valence-corrected chi connectivity index (χ0v) is 23.0. The Balaban J connectivity index is 1.43. The van der Waals surface area contributed by atoms with Gasteiger partial charge in [-0.25, -0.2) is 4.99 Å². The van der Waals surface area contributed by atoms with Crippen molar-refractivity contribution in [3.63, 3.8) is 0 Å². The smallest absolute Gasteiger partial charge is 0.255 e. The first-order valence-electron chi connectivity index (χ1n) is 12.1. The van der Waals surface area contributed by atoms with Crippen LogP contribution in [0.5, 0.6) is 0 Å². The van der Waals surface area contributed by atoms with Gasteiger partial charge in [-0.15, -0.1) is 11.3 Å². The molecule has 0 bridgehead atoms. The summed E-state index contributed by atoms with van der Waals surface area (Å²) in [5.41, 5.74) is 3.04. The quantitative estimate of drug-likeness (QED) is 0.240. The summed E-state index contributed by atoms with van der Waals surface area (Å²) in [6.45, 7) is 7.24. The van der Waals surface area contributed by atoms with Crippen LogP contribution >= 0.6 is 27.3 Å². The first kappa shape index (κ1) is 24.8. The molecule has 1 N–H and O–H groups in total. The number of rotatable bonds is 6. The molecule has 0 unspecified atom stereocenters. The summed E-state index contributed by atoms with van der Waals surface area (Å²) in [4.78, 5) is 19.4. The molecule has 0 fully saturated rings. The average molecular weight is 566 g/mol. The van der Waals surface area contributed by atoms with Crippen molar-refractivity contribution >= 4 is 44.4 Å². The van der Waals surface area contributed by atoms with Crippen molar-refractivity contribution in [2.45, 2.75) is 46.6 Å². The monoisotopic (exact) mass is 564 g/mol. The Bertz CT molecular complexity index is 1390. The van der Waals surface area contributed by atoms with Crippen LogP contribution in [-0.2, 0) is 19.4 Å².